The average molecular weight is 285 g/mol. The maximum Gasteiger partial charge on any atom is 0.151 e. The average Bonchev–Trinajstić information content (AvgIpc) is 2.68. The molecular weight excluding hydrogens is 266 g/mol. The third-order valence-electron chi connectivity index (χ3n) is 3.33. The summed E-state index contributed by atoms with van der Waals surface area (Å²) in [6, 6.07) is 8.71. The van der Waals surface area contributed by atoms with Crippen molar-refractivity contribution in [3.05, 3.63) is 29.8 Å². The van der Waals surface area contributed by atoms with Crippen LogP contribution in [0.15, 0.2) is 29.2 Å². The van der Waals surface area contributed by atoms with Gasteiger partial charge in [0.05, 0.1) is 11.5 Å². The quantitative estimate of drug-likeness (QED) is 0.862. The normalized spacial score (nSPS) is 24.0. The molecule has 2 rings (SSSR count). The molecular formula is C13H19NO2S2. The second kappa shape index (κ2) is 5.63. The van der Waals surface area contributed by atoms with Crippen molar-refractivity contribution in [3.8, 4) is 0 Å². The summed E-state index contributed by atoms with van der Waals surface area (Å²) in [6.45, 7) is 2.08. The van der Waals surface area contributed by atoms with Crippen molar-refractivity contribution in [1.29, 1.82) is 0 Å². The van der Waals surface area contributed by atoms with E-state index in [1.54, 1.807) is 11.8 Å². The number of rotatable bonds is 4. The van der Waals surface area contributed by atoms with Crippen LogP contribution in [-0.4, -0.2) is 32.2 Å². The Kier molecular flexibility index (Phi) is 4.35. The van der Waals surface area contributed by atoms with Crippen molar-refractivity contribution in [3.63, 3.8) is 0 Å². The first-order valence-corrected chi connectivity index (χ1v) is 9.15. The number of hydrogen-bond acceptors (Lipinski definition) is 4. The van der Waals surface area contributed by atoms with Gasteiger partial charge in [-0.25, -0.2) is 8.42 Å². The van der Waals surface area contributed by atoms with Crippen LogP contribution in [0.1, 0.15) is 24.9 Å². The lowest BCUT2D eigenvalue weighted by Crippen LogP contribution is -2.32. The zero-order chi connectivity index (χ0) is 13.2. The fourth-order valence-corrected chi connectivity index (χ4v) is 4.36. The van der Waals surface area contributed by atoms with Crippen LogP contribution >= 0.6 is 11.8 Å². The van der Waals surface area contributed by atoms with Crippen molar-refractivity contribution in [1.82, 2.24) is 5.32 Å². The Morgan fingerprint density at radius 2 is 2.00 bits per heavy atom. The highest BCUT2D eigenvalue weighted by Crippen LogP contribution is 2.21. The van der Waals surface area contributed by atoms with E-state index in [9.17, 15) is 8.42 Å². The summed E-state index contributed by atoms with van der Waals surface area (Å²) in [4.78, 5) is 1.24. The molecule has 1 aliphatic heterocycles. The maximum absolute atomic E-state index is 11.4. The van der Waals surface area contributed by atoms with E-state index >= 15 is 0 Å². The number of hydrogen-bond donors (Lipinski definition) is 1. The number of thioether (sulfide) groups is 1. The van der Waals surface area contributed by atoms with Crippen molar-refractivity contribution in [2.45, 2.75) is 30.3 Å². The molecule has 1 N–H and O–H groups in total. The Labute approximate surface area is 113 Å². The van der Waals surface area contributed by atoms with Gasteiger partial charge in [-0.05, 0) is 37.3 Å². The van der Waals surface area contributed by atoms with Crippen molar-refractivity contribution >= 4 is 21.6 Å². The predicted octanol–water partition coefficient (Wildman–Crippen LogP) is 2.25. The summed E-state index contributed by atoms with van der Waals surface area (Å²) in [5.41, 5.74) is 1.21. The Bertz CT molecular complexity index is 496. The smallest absolute Gasteiger partial charge is 0.151 e. The SMILES string of the molecule is CSc1ccc(C(C)NC2CCS(=O)(=O)C2)cc1. The van der Waals surface area contributed by atoms with Crippen LogP contribution in [0.4, 0.5) is 0 Å². The molecule has 1 heterocycles. The minimum Gasteiger partial charge on any atom is -0.306 e. The van der Waals surface area contributed by atoms with Gasteiger partial charge in [-0.1, -0.05) is 12.1 Å². The highest BCUT2D eigenvalue weighted by molar-refractivity contribution is 7.98. The van der Waals surface area contributed by atoms with Gasteiger partial charge in [-0.3, -0.25) is 0 Å². The molecule has 18 heavy (non-hydrogen) atoms. The van der Waals surface area contributed by atoms with Gasteiger partial charge in [0.25, 0.3) is 0 Å². The Hall–Kier alpha value is -0.520. The van der Waals surface area contributed by atoms with Crippen LogP contribution in [0.2, 0.25) is 0 Å². The molecule has 0 radical (unpaired) electrons. The second-order valence-electron chi connectivity index (χ2n) is 4.76. The molecule has 1 fully saturated rings. The Morgan fingerprint density at radius 3 is 2.50 bits per heavy atom. The van der Waals surface area contributed by atoms with E-state index in [-0.39, 0.29) is 17.8 Å². The fraction of sp³-hybridized carbons (Fsp3) is 0.538. The van der Waals surface area contributed by atoms with E-state index in [1.807, 2.05) is 0 Å². The van der Waals surface area contributed by atoms with E-state index in [1.165, 1.54) is 10.5 Å². The maximum atomic E-state index is 11.4. The molecule has 1 aliphatic rings. The third-order valence-corrected chi connectivity index (χ3v) is 5.85. The topological polar surface area (TPSA) is 46.2 Å². The summed E-state index contributed by atoms with van der Waals surface area (Å²) >= 11 is 1.72. The van der Waals surface area contributed by atoms with Crippen LogP contribution in [0.3, 0.4) is 0 Å². The molecule has 0 spiro atoms. The molecule has 0 aliphatic carbocycles. The van der Waals surface area contributed by atoms with E-state index in [0.29, 0.717) is 5.75 Å². The highest BCUT2D eigenvalue weighted by Gasteiger charge is 2.28. The largest absolute Gasteiger partial charge is 0.306 e. The van der Waals surface area contributed by atoms with Gasteiger partial charge < -0.3 is 5.32 Å². The van der Waals surface area contributed by atoms with Gasteiger partial charge in [0.1, 0.15) is 0 Å². The lowest BCUT2D eigenvalue weighted by molar-refractivity contribution is 0.485. The molecule has 1 saturated heterocycles. The monoisotopic (exact) mass is 285 g/mol. The minimum atomic E-state index is -2.80. The standard InChI is InChI=1S/C13H19NO2S2/c1-10(11-3-5-13(17-2)6-4-11)14-12-7-8-18(15,16)9-12/h3-6,10,12,14H,7-9H2,1-2H3. The zero-order valence-corrected chi connectivity index (χ0v) is 12.4. The third kappa shape index (κ3) is 3.49. The van der Waals surface area contributed by atoms with Gasteiger partial charge in [-0.15, -0.1) is 11.8 Å². The lowest BCUT2D eigenvalue weighted by atomic mass is 10.1. The fourth-order valence-electron chi connectivity index (χ4n) is 2.27. The van der Waals surface area contributed by atoms with E-state index in [0.717, 1.165) is 6.42 Å². The van der Waals surface area contributed by atoms with Gasteiger partial charge in [-0.2, -0.15) is 0 Å². The molecule has 0 amide bonds. The Morgan fingerprint density at radius 1 is 1.33 bits per heavy atom. The first-order valence-electron chi connectivity index (χ1n) is 6.10. The molecule has 2 atom stereocenters. The first kappa shape index (κ1) is 13.9. The molecule has 0 saturated carbocycles. The number of sulfone groups is 1. The molecule has 5 heteroatoms. The predicted molar refractivity (Wildman–Crippen MR) is 76.8 cm³/mol. The molecule has 0 bridgehead atoms. The lowest BCUT2D eigenvalue weighted by Gasteiger charge is -2.19. The highest BCUT2D eigenvalue weighted by atomic mass is 32.2. The summed E-state index contributed by atoms with van der Waals surface area (Å²) in [5, 5.41) is 3.40. The summed E-state index contributed by atoms with van der Waals surface area (Å²) in [5.74, 6) is 0.600. The van der Waals surface area contributed by atoms with Crippen LogP contribution in [0.5, 0.6) is 0 Å². The van der Waals surface area contributed by atoms with Gasteiger partial charge >= 0.3 is 0 Å². The molecule has 3 nitrogen and oxygen atoms in total. The molecule has 100 valence electrons. The van der Waals surface area contributed by atoms with Crippen LogP contribution < -0.4 is 5.32 Å². The van der Waals surface area contributed by atoms with Crippen molar-refractivity contribution in [2.75, 3.05) is 17.8 Å². The van der Waals surface area contributed by atoms with E-state index < -0.39 is 9.84 Å². The van der Waals surface area contributed by atoms with Gasteiger partial charge in [0, 0.05) is 17.0 Å². The Balaban J connectivity index is 1.97. The molecule has 0 aromatic heterocycles. The van der Waals surface area contributed by atoms with Crippen molar-refractivity contribution in [2.24, 2.45) is 0 Å². The summed E-state index contributed by atoms with van der Waals surface area (Å²) < 4.78 is 22.8. The molecule has 2 unspecified atom stereocenters. The zero-order valence-electron chi connectivity index (χ0n) is 10.7. The summed E-state index contributed by atoms with van der Waals surface area (Å²) in [7, 11) is -2.80. The van der Waals surface area contributed by atoms with E-state index in [2.05, 4.69) is 42.8 Å². The number of benzene rings is 1. The van der Waals surface area contributed by atoms with Gasteiger partial charge in [0.2, 0.25) is 0 Å². The first-order chi connectivity index (χ1) is 8.50. The van der Waals surface area contributed by atoms with Crippen LogP contribution in [0.25, 0.3) is 0 Å². The minimum absolute atomic E-state index is 0.102. The molecule has 1 aromatic rings. The summed E-state index contributed by atoms with van der Waals surface area (Å²) in [6.07, 6.45) is 2.79. The number of nitrogens with one attached hydrogen (secondary N) is 1. The second-order valence-corrected chi connectivity index (χ2v) is 7.87. The van der Waals surface area contributed by atoms with Crippen molar-refractivity contribution < 1.29 is 8.42 Å². The van der Waals surface area contributed by atoms with Crippen LogP contribution in [-0.2, 0) is 9.84 Å². The van der Waals surface area contributed by atoms with Gasteiger partial charge in [0.15, 0.2) is 9.84 Å². The van der Waals surface area contributed by atoms with Crippen LogP contribution in [0, 0.1) is 0 Å². The molecule has 1 aromatic carbocycles. The van der Waals surface area contributed by atoms with E-state index in [4.69, 9.17) is 0 Å².